The van der Waals surface area contributed by atoms with Gasteiger partial charge in [-0.3, -0.25) is 9.59 Å². The number of benzene rings is 1. The molecule has 1 saturated heterocycles. The van der Waals surface area contributed by atoms with Crippen LogP contribution in [0.4, 0.5) is 5.69 Å². The number of piperazine rings is 1. The molecule has 4 atom stereocenters. The van der Waals surface area contributed by atoms with Gasteiger partial charge < -0.3 is 14.5 Å². The van der Waals surface area contributed by atoms with Crippen LogP contribution in [0, 0.1) is 17.8 Å². The van der Waals surface area contributed by atoms with Crippen LogP contribution in [0.1, 0.15) is 32.6 Å². The van der Waals surface area contributed by atoms with Gasteiger partial charge in [0.2, 0.25) is 0 Å². The molecule has 5 nitrogen and oxygen atoms in total. The third kappa shape index (κ3) is 3.44. The molecule has 3 fully saturated rings. The summed E-state index contributed by atoms with van der Waals surface area (Å²) >= 11 is 0. The van der Waals surface area contributed by atoms with E-state index in [4.69, 9.17) is 4.74 Å². The topological polar surface area (TPSA) is 49.9 Å². The number of rotatable bonds is 4. The van der Waals surface area contributed by atoms with Crippen molar-refractivity contribution < 1.29 is 14.3 Å². The highest BCUT2D eigenvalue weighted by molar-refractivity contribution is 5.84. The van der Waals surface area contributed by atoms with Gasteiger partial charge in [0.1, 0.15) is 0 Å². The molecule has 1 aromatic rings. The molecule has 140 valence electrons. The smallest absolute Gasteiger partial charge is 0.309 e. The zero-order valence-corrected chi connectivity index (χ0v) is 15.5. The highest BCUT2D eigenvalue weighted by Gasteiger charge is 2.44. The van der Waals surface area contributed by atoms with Gasteiger partial charge in [-0.15, -0.1) is 0 Å². The minimum Gasteiger partial charge on any atom is -0.452 e. The fourth-order valence-corrected chi connectivity index (χ4v) is 4.93. The van der Waals surface area contributed by atoms with Gasteiger partial charge in [0, 0.05) is 31.9 Å². The maximum atomic E-state index is 12.7. The fourth-order valence-electron chi connectivity index (χ4n) is 4.93. The first-order valence-electron chi connectivity index (χ1n) is 9.91. The molecule has 26 heavy (non-hydrogen) atoms. The molecule has 2 saturated carbocycles. The number of ether oxygens (including phenoxy) is 1. The number of carbonyl (C=O) groups is 2. The highest BCUT2D eigenvalue weighted by atomic mass is 16.5. The number of hydrogen-bond donors (Lipinski definition) is 0. The Balaban J connectivity index is 1.27. The molecule has 5 heteroatoms. The largest absolute Gasteiger partial charge is 0.452 e. The fraction of sp³-hybridized carbons (Fsp3) is 0.619. The van der Waals surface area contributed by atoms with Crippen LogP contribution in [0.25, 0.3) is 0 Å². The Morgan fingerprint density at radius 2 is 1.77 bits per heavy atom. The quantitative estimate of drug-likeness (QED) is 0.779. The average molecular weight is 356 g/mol. The molecule has 1 aromatic carbocycles. The Bertz CT molecular complexity index is 654. The van der Waals surface area contributed by atoms with E-state index in [1.165, 1.54) is 18.5 Å². The van der Waals surface area contributed by atoms with E-state index in [-0.39, 0.29) is 17.8 Å². The summed E-state index contributed by atoms with van der Waals surface area (Å²) in [5.41, 5.74) is 1.19. The lowest BCUT2D eigenvalue weighted by molar-refractivity contribution is -0.164. The van der Waals surface area contributed by atoms with Crippen LogP contribution in [0.2, 0.25) is 0 Å². The number of esters is 1. The molecule has 1 aliphatic heterocycles. The summed E-state index contributed by atoms with van der Waals surface area (Å²) in [5, 5.41) is 0. The third-order valence-corrected chi connectivity index (χ3v) is 6.39. The Morgan fingerprint density at radius 3 is 2.38 bits per heavy atom. The van der Waals surface area contributed by atoms with Crippen LogP contribution in [-0.2, 0) is 14.3 Å². The normalized spacial score (nSPS) is 28.9. The monoisotopic (exact) mass is 356 g/mol. The number of hydrogen-bond acceptors (Lipinski definition) is 4. The van der Waals surface area contributed by atoms with E-state index in [0.717, 1.165) is 25.9 Å². The molecule has 1 amide bonds. The van der Waals surface area contributed by atoms with Crippen molar-refractivity contribution >= 4 is 17.6 Å². The summed E-state index contributed by atoms with van der Waals surface area (Å²) in [5.74, 6) is 1.01. The van der Waals surface area contributed by atoms with Gasteiger partial charge in [-0.1, -0.05) is 24.6 Å². The van der Waals surface area contributed by atoms with Crippen molar-refractivity contribution in [1.82, 2.24) is 4.90 Å². The maximum absolute atomic E-state index is 12.7. The van der Waals surface area contributed by atoms with E-state index in [1.54, 1.807) is 6.92 Å². The van der Waals surface area contributed by atoms with E-state index in [1.807, 2.05) is 23.1 Å². The van der Waals surface area contributed by atoms with E-state index < -0.39 is 6.10 Å². The molecule has 0 spiro atoms. The van der Waals surface area contributed by atoms with Crippen LogP contribution < -0.4 is 4.90 Å². The van der Waals surface area contributed by atoms with Gasteiger partial charge in [-0.05, 0) is 50.2 Å². The number of anilines is 1. The lowest BCUT2D eigenvalue weighted by Gasteiger charge is -2.37. The van der Waals surface area contributed by atoms with E-state index in [2.05, 4.69) is 17.0 Å². The Hall–Kier alpha value is -2.04. The van der Waals surface area contributed by atoms with Gasteiger partial charge in [0.15, 0.2) is 6.10 Å². The maximum Gasteiger partial charge on any atom is 0.309 e. The van der Waals surface area contributed by atoms with Crippen molar-refractivity contribution in [2.45, 2.75) is 38.7 Å². The minimum absolute atomic E-state index is 0.0268. The van der Waals surface area contributed by atoms with Crippen LogP contribution in [0.5, 0.6) is 0 Å². The predicted molar refractivity (Wildman–Crippen MR) is 99.7 cm³/mol. The molecule has 0 N–H and O–H groups in total. The van der Waals surface area contributed by atoms with Crippen LogP contribution in [0.15, 0.2) is 30.3 Å². The Morgan fingerprint density at radius 1 is 1.04 bits per heavy atom. The number of fused-ring (bicyclic) bond motifs is 2. The molecule has 3 aliphatic rings. The number of nitrogens with zero attached hydrogens (tertiary/aromatic N) is 2. The minimum atomic E-state index is -0.676. The zero-order valence-electron chi connectivity index (χ0n) is 15.5. The van der Waals surface area contributed by atoms with Crippen molar-refractivity contribution in [1.29, 1.82) is 0 Å². The zero-order chi connectivity index (χ0) is 18.1. The first-order chi connectivity index (χ1) is 12.6. The third-order valence-electron chi connectivity index (χ3n) is 6.39. The van der Waals surface area contributed by atoms with Gasteiger partial charge in [-0.2, -0.15) is 0 Å². The molecular weight excluding hydrogens is 328 g/mol. The number of para-hydroxylation sites is 1. The van der Waals surface area contributed by atoms with Gasteiger partial charge in [-0.25, -0.2) is 0 Å². The molecule has 0 aromatic heterocycles. The van der Waals surface area contributed by atoms with Crippen molar-refractivity contribution in [3.63, 3.8) is 0 Å². The average Bonchev–Trinajstić information content (AvgIpc) is 3.32. The Labute approximate surface area is 155 Å². The first-order valence-corrected chi connectivity index (χ1v) is 9.91. The van der Waals surface area contributed by atoms with Gasteiger partial charge in [0.05, 0.1) is 5.92 Å². The number of carbonyl (C=O) groups excluding carboxylic acids is 2. The van der Waals surface area contributed by atoms with Crippen LogP contribution >= 0.6 is 0 Å². The summed E-state index contributed by atoms with van der Waals surface area (Å²) in [6.07, 6.45) is 3.86. The van der Waals surface area contributed by atoms with Gasteiger partial charge in [0.25, 0.3) is 5.91 Å². The highest BCUT2D eigenvalue weighted by Crippen LogP contribution is 2.48. The molecular formula is C21H28N2O3. The van der Waals surface area contributed by atoms with Crippen molar-refractivity contribution in [3.8, 4) is 0 Å². The second kappa shape index (κ2) is 7.29. The first kappa shape index (κ1) is 17.4. The standard InChI is InChI=1S/C21H28N2O3/c1-15(26-21(25)19-14-16-7-8-17(19)13-16)20(24)23-11-9-22(10-12-23)18-5-3-2-4-6-18/h2-6,15-17,19H,7-14H2,1H3. The van der Waals surface area contributed by atoms with Crippen LogP contribution in [0.3, 0.4) is 0 Å². The van der Waals surface area contributed by atoms with Crippen molar-refractivity contribution in [3.05, 3.63) is 30.3 Å². The van der Waals surface area contributed by atoms with E-state index in [9.17, 15) is 9.59 Å². The van der Waals surface area contributed by atoms with E-state index >= 15 is 0 Å². The summed E-state index contributed by atoms with van der Waals surface area (Å²) in [4.78, 5) is 29.3. The Kier molecular flexibility index (Phi) is 4.88. The predicted octanol–water partition coefficient (Wildman–Crippen LogP) is 2.70. The number of amides is 1. The molecule has 1 heterocycles. The summed E-state index contributed by atoms with van der Waals surface area (Å²) in [7, 11) is 0. The van der Waals surface area contributed by atoms with Gasteiger partial charge >= 0.3 is 5.97 Å². The van der Waals surface area contributed by atoms with Crippen molar-refractivity contribution in [2.24, 2.45) is 17.8 Å². The molecule has 4 unspecified atom stereocenters. The summed E-state index contributed by atoms with van der Waals surface area (Å²) in [6, 6.07) is 10.3. The SMILES string of the molecule is CC(OC(=O)C1CC2CCC1C2)C(=O)N1CCN(c2ccccc2)CC1. The lowest BCUT2D eigenvalue weighted by atomic mass is 9.89. The van der Waals surface area contributed by atoms with Crippen LogP contribution in [-0.4, -0.2) is 49.1 Å². The van der Waals surface area contributed by atoms with Crippen molar-refractivity contribution in [2.75, 3.05) is 31.1 Å². The summed E-state index contributed by atoms with van der Waals surface area (Å²) < 4.78 is 5.57. The van der Waals surface area contributed by atoms with E-state index in [0.29, 0.717) is 24.9 Å². The molecule has 2 bridgehead atoms. The molecule has 0 radical (unpaired) electrons. The second-order valence-corrected chi connectivity index (χ2v) is 8.01. The second-order valence-electron chi connectivity index (χ2n) is 8.01. The summed E-state index contributed by atoms with van der Waals surface area (Å²) in [6.45, 7) is 4.68. The molecule has 2 aliphatic carbocycles. The molecule has 4 rings (SSSR count). The lowest BCUT2D eigenvalue weighted by Crippen LogP contribution is -2.51.